The average molecular weight is 507 g/mol. The molecule has 0 unspecified atom stereocenters. The standard InChI is InChI=1S/C32H30N2O4/c1-37-30-5-3-2-4-26(30)29-18-33-32(36)31-27-16-23(10-11-25(27)24(20-35)17-28(29)31)22-8-6-21(7-9-22)19-34-12-14-38-15-13-34/h2-11,16-18,35H,12-15,19-20H2,1H3,(H,33,36). The second-order valence-electron chi connectivity index (χ2n) is 9.69. The highest BCUT2D eigenvalue weighted by Gasteiger charge is 2.17. The summed E-state index contributed by atoms with van der Waals surface area (Å²) in [4.78, 5) is 18.6. The molecule has 1 aliphatic heterocycles. The third-order valence-corrected chi connectivity index (χ3v) is 7.45. The molecule has 38 heavy (non-hydrogen) atoms. The lowest BCUT2D eigenvalue weighted by Crippen LogP contribution is -2.35. The molecule has 0 aliphatic carbocycles. The molecule has 0 radical (unpaired) electrons. The van der Waals surface area contributed by atoms with Gasteiger partial charge in [-0.15, -0.1) is 0 Å². The number of ether oxygens (including phenoxy) is 2. The number of rotatable bonds is 6. The lowest BCUT2D eigenvalue weighted by molar-refractivity contribution is 0.0342. The fraction of sp³-hybridized carbons (Fsp3) is 0.219. The van der Waals surface area contributed by atoms with Crippen molar-refractivity contribution in [3.05, 3.63) is 100 Å². The third kappa shape index (κ3) is 4.47. The number of H-pyrrole nitrogens is 1. The number of para-hydroxylation sites is 1. The number of hydrogen-bond donors (Lipinski definition) is 2. The second kappa shape index (κ2) is 10.4. The molecule has 2 heterocycles. The van der Waals surface area contributed by atoms with Crippen LogP contribution in [-0.4, -0.2) is 48.4 Å². The minimum Gasteiger partial charge on any atom is -0.496 e. The van der Waals surface area contributed by atoms with Crippen molar-refractivity contribution in [2.75, 3.05) is 33.4 Å². The Morgan fingerprint density at radius 1 is 0.895 bits per heavy atom. The topological polar surface area (TPSA) is 74.8 Å². The summed E-state index contributed by atoms with van der Waals surface area (Å²) in [5.74, 6) is 0.720. The van der Waals surface area contributed by atoms with Gasteiger partial charge in [0.05, 0.1) is 32.3 Å². The van der Waals surface area contributed by atoms with E-state index in [1.807, 2.05) is 36.4 Å². The Labute approximate surface area is 221 Å². The van der Waals surface area contributed by atoms with Gasteiger partial charge in [0.2, 0.25) is 0 Å². The summed E-state index contributed by atoms with van der Waals surface area (Å²) < 4.78 is 11.1. The molecule has 1 aromatic heterocycles. The molecule has 192 valence electrons. The largest absolute Gasteiger partial charge is 0.496 e. The Balaban J connectivity index is 1.48. The first kappa shape index (κ1) is 24.4. The monoisotopic (exact) mass is 506 g/mol. The van der Waals surface area contributed by atoms with Crippen LogP contribution >= 0.6 is 0 Å². The van der Waals surface area contributed by atoms with Gasteiger partial charge in [-0.3, -0.25) is 9.69 Å². The van der Waals surface area contributed by atoms with Gasteiger partial charge in [0, 0.05) is 37.0 Å². The Bertz CT molecular complexity index is 1670. The van der Waals surface area contributed by atoms with Crippen LogP contribution in [0.1, 0.15) is 11.1 Å². The third-order valence-electron chi connectivity index (χ3n) is 7.45. The minimum atomic E-state index is -0.161. The first-order chi connectivity index (χ1) is 18.7. The van der Waals surface area contributed by atoms with Gasteiger partial charge in [-0.1, -0.05) is 54.6 Å². The number of aliphatic hydroxyl groups is 1. The molecule has 1 saturated heterocycles. The first-order valence-electron chi connectivity index (χ1n) is 12.9. The summed E-state index contributed by atoms with van der Waals surface area (Å²) in [6, 6.07) is 24.4. The summed E-state index contributed by atoms with van der Waals surface area (Å²) in [5.41, 5.74) is 5.72. The van der Waals surface area contributed by atoms with Crippen molar-refractivity contribution in [3.63, 3.8) is 0 Å². The van der Waals surface area contributed by atoms with Crippen LogP contribution in [0.3, 0.4) is 0 Å². The van der Waals surface area contributed by atoms with Crippen LogP contribution in [0, 0.1) is 0 Å². The maximum Gasteiger partial charge on any atom is 0.256 e. The van der Waals surface area contributed by atoms with E-state index in [0.29, 0.717) is 5.39 Å². The van der Waals surface area contributed by atoms with E-state index < -0.39 is 0 Å². The number of pyridine rings is 1. The average Bonchev–Trinajstić information content (AvgIpc) is 2.97. The van der Waals surface area contributed by atoms with E-state index in [-0.39, 0.29) is 12.2 Å². The quantitative estimate of drug-likeness (QED) is 0.304. The van der Waals surface area contributed by atoms with Crippen molar-refractivity contribution in [2.24, 2.45) is 0 Å². The first-order valence-corrected chi connectivity index (χ1v) is 12.9. The second-order valence-corrected chi connectivity index (χ2v) is 9.69. The highest BCUT2D eigenvalue weighted by atomic mass is 16.5. The van der Waals surface area contributed by atoms with Crippen LogP contribution in [-0.2, 0) is 17.9 Å². The number of nitrogens with one attached hydrogen (secondary N) is 1. The smallest absolute Gasteiger partial charge is 0.256 e. The van der Waals surface area contributed by atoms with E-state index in [9.17, 15) is 9.90 Å². The number of aromatic nitrogens is 1. The molecule has 0 bridgehead atoms. The van der Waals surface area contributed by atoms with Crippen molar-refractivity contribution in [1.82, 2.24) is 9.88 Å². The maximum atomic E-state index is 13.2. The van der Waals surface area contributed by atoms with Crippen molar-refractivity contribution >= 4 is 21.5 Å². The van der Waals surface area contributed by atoms with E-state index in [1.165, 1.54) is 5.56 Å². The zero-order valence-corrected chi connectivity index (χ0v) is 21.4. The summed E-state index contributed by atoms with van der Waals surface area (Å²) in [7, 11) is 1.64. The normalized spacial score (nSPS) is 14.3. The molecule has 0 amide bonds. The summed E-state index contributed by atoms with van der Waals surface area (Å²) in [6.07, 6.45) is 1.73. The van der Waals surface area contributed by atoms with Gasteiger partial charge in [0.1, 0.15) is 5.75 Å². The zero-order chi connectivity index (χ0) is 26.1. The Morgan fingerprint density at radius 2 is 1.66 bits per heavy atom. The van der Waals surface area contributed by atoms with Crippen LogP contribution in [0.15, 0.2) is 83.8 Å². The van der Waals surface area contributed by atoms with Crippen molar-refractivity contribution in [3.8, 4) is 28.0 Å². The van der Waals surface area contributed by atoms with E-state index in [0.717, 1.165) is 82.6 Å². The molecule has 6 heteroatoms. The van der Waals surface area contributed by atoms with Gasteiger partial charge in [0.25, 0.3) is 5.56 Å². The predicted octanol–water partition coefficient (Wildman–Crippen LogP) is 5.35. The highest BCUT2D eigenvalue weighted by Crippen LogP contribution is 2.38. The molecular weight excluding hydrogens is 476 g/mol. The van der Waals surface area contributed by atoms with Crippen LogP contribution in [0.2, 0.25) is 0 Å². The van der Waals surface area contributed by atoms with Gasteiger partial charge in [-0.25, -0.2) is 0 Å². The number of benzene rings is 4. The van der Waals surface area contributed by atoms with Crippen LogP contribution in [0.4, 0.5) is 0 Å². The molecule has 0 spiro atoms. The molecule has 4 aromatic carbocycles. The molecule has 6 rings (SSSR count). The van der Waals surface area contributed by atoms with E-state index >= 15 is 0 Å². The lowest BCUT2D eigenvalue weighted by Gasteiger charge is -2.26. The Hall–Kier alpha value is -3.97. The molecule has 6 nitrogen and oxygen atoms in total. The number of methoxy groups -OCH3 is 1. The van der Waals surface area contributed by atoms with Gasteiger partial charge >= 0.3 is 0 Å². The maximum absolute atomic E-state index is 13.2. The fourth-order valence-corrected chi connectivity index (χ4v) is 5.47. The lowest BCUT2D eigenvalue weighted by atomic mass is 9.91. The number of aromatic amines is 1. The Morgan fingerprint density at radius 3 is 2.42 bits per heavy atom. The number of nitrogens with zero attached hydrogens (tertiary/aromatic N) is 1. The van der Waals surface area contributed by atoms with Crippen LogP contribution < -0.4 is 10.3 Å². The number of hydrogen-bond acceptors (Lipinski definition) is 5. The SMILES string of the molecule is COc1ccccc1-c1c[nH]c(=O)c2c1cc(CO)c1ccc(-c3ccc(CN4CCOCC4)cc3)cc12. The molecule has 0 atom stereocenters. The van der Waals surface area contributed by atoms with Crippen molar-refractivity contribution < 1.29 is 14.6 Å². The molecular formula is C32H30N2O4. The number of morpholine rings is 1. The highest BCUT2D eigenvalue weighted by molar-refractivity contribution is 6.14. The minimum absolute atomic E-state index is 0.125. The van der Waals surface area contributed by atoms with Crippen molar-refractivity contribution in [2.45, 2.75) is 13.2 Å². The van der Waals surface area contributed by atoms with Crippen molar-refractivity contribution in [1.29, 1.82) is 0 Å². The van der Waals surface area contributed by atoms with Gasteiger partial charge in [0.15, 0.2) is 0 Å². The molecule has 5 aromatic rings. The predicted molar refractivity (Wildman–Crippen MR) is 152 cm³/mol. The summed E-state index contributed by atoms with van der Waals surface area (Å²) in [5, 5.41) is 13.3. The van der Waals surface area contributed by atoms with Crippen LogP contribution in [0.5, 0.6) is 5.75 Å². The zero-order valence-electron chi connectivity index (χ0n) is 21.4. The number of aliphatic hydroxyl groups excluding tert-OH is 1. The molecule has 2 N–H and O–H groups in total. The van der Waals surface area contributed by atoms with E-state index in [4.69, 9.17) is 9.47 Å². The van der Waals surface area contributed by atoms with Gasteiger partial charge < -0.3 is 19.6 Å². The van der Waals surface area contributed by atoms with Crippen LogP contribution in [0.25, 0.3) is 43.8 Å². The molecule has 0 saturated carbocycles. The Kier molecular flexibility index (Phi) is 6.68. The summed E-state index contributed by atoms with van der Waals surface area (Å²) in [6.45, 7) is 4.27. The van der Waals surface area contributed by atoms with Gasteiger partial charge in [-0.2, -0.15) is 0 Å². The van der Waals surface area contributed by atoms with Gasteiger partial charge in [-0.05, 0) is 56.6 Å². The van der Waals surface area contributed by atoms with E-state index in [1.54, 1.807) is 13.3 Å². The molecule has 1 aliphatic rings. The number of fused-ring (bicyclic) bond motifs is 3. The fourth-order valence-electron chi connectivity index (χ4n) is 5.47. The van der Waals surface area contributed by atoms with E-state index in [2.05, 4.69) is 46.3 Å². The summed E-state index contributed by atoms with van der Waals surface area (Å²) >= 11 is 0. The molecule has 1 fully saturated rings.